The lowest BCUT2D eigenvalue weighted by atomic mass is 9.82. The lowest BCUT2D eigenvalue weighted by Gasteiger charge is -2.32. The Morgan fingerprint density at radius 2 is 1.80 bits per heavy atom. The predicted octanol–water partition coefficient (Wildman–Crippen LogP) is 4.64. The van der Waals surface area contributed by atoms with E-state index >= 15 is 0 Å². The fourth-order valence-corrected chi connectivity index (χ4v) is 3.39. The third-order valence-corrected chi connectivity index (χ3v) is 4.54. The molecule has 0 radical (unpaired) electrons. The number of benzene rings is 1. The van der Waals surface area contributed by atoms with Gasteiger partial charge in [-0.15, -0.1) is 11.3 Å². The fraction of sp³-hybridized carbons (Fsp3) is 0.471. The molecule has 0 aliphatic rings. The lowest BCUT2D eigenvalue weighted by Crippen LogP contribution is -2.31. The van der Waals surface area contributed by atoms with Crippen molar-refractivity contribution in [1.29, 1.82) is 0 Å². The van der Waals surface area contributed by atoms with Crippen molar-refractivity contribution in [3.8, 4) is 0 Å². The molecule has 0 amide bonds. The number of aromatic nitrogens is 1. The van der Waals surface area contributed by atoms with Gasteiger partial charge in [-0.3, -0.25) is 0 Å². The molecule has 20 heavy (non-hydrogen) atoms. The summed E-state index contributed by atoms with van der Waals surface area (Å²) in [5.41, 5.74) is 2.68. The molecule has 0 saturated heterocycles. The zero-order chi connectivity index (χ0) is 14.8. The van der Waals surface area contributed by atoms with Crippen LogP contribution in [0.2, 0.25) is 0 Å². The number of aryl methyl sites for hydroxylation is 2. The average molecular weight is 288 g/mol. The summed E-state index contributed by atoms with van der Waals surface area (Å²) in [7, 11) is 0. The average Bonchev–Trinajstić information content (AvgIpc) is 2.68. The molecule has 2 rings (SSSR count). The van der Waals surface area contributed by atoms with Gasteiger partial charge in [-0.25, -0.2) is 4.98 Å². The number of hydrogen-bond donors (Lipinski definition) is 1. The molecule has 1 aromatic carbocycles. The number of rotatable bonds is 4. The van der Waals surface area contributed by atoms with E-state index in [2.05, 4.69) is 75.3 Å². The quantitative estimate of drug-likeness (QED) is 0.886. The number of thiazole rings is 1. The maximum atomic E-state index is 4.50. The van der Waals surface area contributed by atoms with E-state index in [0.29, 0.717) is 6.04 Å². The highest BCUT2D eigenvalue weighted by atomic mass is 32.1. The monoisotopic (exact) mass is 288 g/mol. The molecular formula is C17H24N2S. The van der Waals surface area contributed by atoms with Gasteiger partial charge in [-0.05, 0) is 24.8 Å². The van der Waals surface area contributed by atoms with E-state index in [9.17, 15) is 0 Å². The largest absolute Gasteiger partial charge is 0.304 e. The molecule has 0 fully saturated rings. The lowest BCUT2D eigenvalue weighted by molar-refractivity contribution is 0.271. The first-order valence-electron chi connectivity index (χ1n) is 7.09. The van der Waals surface area contributed by atoms with Crippen LogP contribution >= 0.6 is 11.3 Å². The molecular weight excluding hydrogens is 264 g/mol. The van der Waals surface area contributed by atoms with Gasteiger partial charge in [-0.2, -0.15) is 0 Å². The van der Waals surface area contributed by atoms with E-state index in [0.717, 1.165) is 17.2 Å². The topological polar surface area (TPSA) is 24.9 Å². The minimum absolute atomic E-state index is 0.176. The van der Waals surface area contributed by atoms with Crippen LogP contribution in [0.15, 0.2) is 30.3 Å². The van der Waals surface area contributed by atoms with Crippen LogP contribution in [0.5, 0.6) is 0 Å². The standard InChI is InChI=1S/C17H24N2S/c1-12-15(20-13(2)19-12)11-18-16(17(3,4)5)14-9-7-6-8-10-14/h6-10,16,18H,11H2,1-5H3. The van der Waals surface area contributed by atoms with E-state index in [1.54, 1.807) is 11.3 Å². The Morgan fingerprint density at radius 1 is 1.15 bits per heavy atom. The van der Waals surface area contributed by atoms with Crippen molar-refractivity contribution in [1.82, 2.24) is 10.3 Å². The summed E-state index contributed by atoms with van der Waals surface area (Å²) in [6.07, 6.45) is 0. The van der Waals surface area contributed by atoms with E-state index < -0.39 is 0 Å². The molecule has 0 spiro atoms. The van der Waals surface area contributed by atoms with Crippen LogP contribution in [0, 0.1) is 19.3 Å². The minimum atomic E-state index is 0.176. The third kappa shape index (κ3) is 3.68. The Balaban J connectivity index is 2.16. The SMILES string of the molecule is Cc1nc(C)c(CNC(c2ccccc2)C(C)(C)C)s1. The van der Waals surface area contributed by atoms with Gasteiger partial charge in [0.1, 0.15) is 0 Å². The normalized spacial score (nSPS) is 13.4. The Labute approximate surface area is 126 Å². The second kappa shape index (κ2) is 6.06. The smallest absolute Gasteiger partial charge is 0.0900 e. The van der Waals surface area contributed by atoms with Gasteiger partial charge < -0.3 is 5.32 Å². The Kier molecular flexibility index (Phi) is 4.61. The van der Waals surface area contributed by atoms with Crippen LogP contribution in [0.25, 0.3) is 0 Å². The molecule has 1 unspecified atom stereocenters. The molecule has 1 heterocycles. The molecule has 1 N–H and O–H groups in total. The summed E-state index contributed by atoms with van der Waals surface area (Å²) >= 11 is 1.79. The first-order chi connectivity index (χ1) is 9.38. The summed E-state index contributed by atoms with van der Waals surface area (Å²) < 4.78 is 0. The fourth-order valence-electron chi connectivity index (χ4n) is 2.50. The van der Waals surface area contributed by atoms with Crippen LogP contribution in [-0.4, -0.2) is 4.98 Å². The van der Waals surface area contributed by atoms with Crippen LogP contribution in [-0.2, 0) is 6.54 Å². The second-order valence-electron chi connectivity index (χ2n) is 6.33. The van der Waals surface area contributed by atoms with Crippen LogP contribution in [0.1, 0.15) is 48.0 Å². The number of nitrogens with one attached hydrogen (secondary N) is 1. The highest BCUT2D eigenvalue weighted by Crippen LogP contribution is 2.33. The van der Waals surface area contributed by atoms with Gasteiger partial charge in [0.2, 0.25) is 0 Å². The maximum Gasteiger partial charge on any atom is 0.0900 e. The molecule has 2 nitrogen and oxygen atoms in total. The predicted molar refractivity (Wildman–Crippen MR) is 87.1 cm³/mol. The molecule has 0 aliphatic heterocycles. The van der Waals surface area contributed by atoms with E-state index in [1.165, 1.54) is 10.4 Å². The van der Waals surface area contributed by atoms with Crippen molar-refractivity contribution < 1.29 is 0 Å². The Hall–Kier alpha value is -1.19. The molecule has 1 aromatic heterocycles. The van der Waals surface area contributed by atoms with Crippen molar-refractivity contribution in [2.24, 2.45) is 5.41 Å². The van der Waals surface area contributed by atoms with Gasteiger partial charge in [-0.1, -0.05) is 51.1 Å². The second-order valence-corrected chi connectivity index (χ2v) is 7.62. The van der Waals surface area contributed by atoms with Crippen molar-refractivity contribution in [2.75, 3.05) is 0 Å². The summed E-state index contributed by atoms with van der Waals surface area (Å²) in [6.45, 7) is 11.9. The Bertz CT molecular complexity index is 552. The van der Waals surface area contributed by atoms with E-state index in [1.807, 2.05) is 0 Å². The zero-order valence-electron chi connectivity index (χ0n) is 13.0. The van der Waals surface area contributed by atoms with E-state index in [4.69, 9.17) is 0 Å². The molecule has 1 atom stereocenters. The van der Waals surface area contributed by atoms with Crippen LogP contribution in [0.4, 0.5) is 0 Å². The van der Waals surface area contributed by atoms with Crippen molar-refractivity contribution in [2.45, 2.75) is 47.2 Å². The first kappa shape index (κ1) is 15.2. The first-order valence-corrected chi connectivity index (χ1v) is 7.91. The van der Waals surface area contributed by atoms with Crippen LogP contribution in [0.3, 0.4) is 0 Å². The minimum Gasteiger partial charge on any atom is -0.304 e. The highest BCUT2D eigenvalue weighted by molar-refractivity contribution is 7.11. The van der Waals surface area contributed by atoms with Crippen molar-refractivity contribution in [3.63, 3.8) is 0 Å². The van der Waals surface area contributed by atoms with Gasteiger partial charge in [0.05, 0.1) is 10.7 Å². The van der Waals surface area contributed by atoms with Crippen molar-refractivity contribution in [3.05, 3.63) is 51.5 Å². The third-order valence-electron chi connectivity index (χ3n) is 3.47. The van der Waals surface area contributed by atoms with Crippen LogP contribution < -0.4 is 5.32 Å². The Morgan fingerprint density at radius 3 is 2.30 bits per heavy atom. The van der Waals surface area contributed by atoms with Crippen molar-refractivity contribution >= 4 is 11.3 Å². The molecule has 108 valence electrons. The van der Waals surface area contributed by atoms with Gasteiger partial charge in [0.15, 0.2) is 0 Å². The summed E-state index contributed by atoms with van der Waals surface area (Å²) in [6, 6.07) is 11.0. The molecule has 0 saturated carbocycles. The maximum absolute atomic E-state index is 4.50. The number of nitrogens with zero attached hydrogens (tertiary/aromatic N) is 1. The molecule has 2 aromatic rings. The van der Waals surface area contributed by atoms with E-state index in [-0.39, 0.29) is 5.41 Å². The van der Waals surface area contributed by atoms with Gasteiger partial charge in [0.25, 0.3) is 0 Å². The summed E-state index contributed by atoms with van der Waals surface area (Å²) in [5, 5.41) is 4.86. The van der Waals surface area contributed by atoms with Gasteiger partial charge >= 0.3 is 0 Å². The molecule has 0 bridgehead atoms. The van der Waals surface area contributed by atoms with Gasteiger partial charge in [0, 0.05) is 17.5 Å². The zero-order valence-corrected chi connectivity index (χ0v) is 13.8. The highest BCUT2D eigenvalue weighted by Gasteiger charge is 2.25. The molecule has 0 aliphatic carbocycles. The summed E-state index contributed by atoms with van der Waals surface area (Å²) in [5.74, 6) is 0. The number of hydrogen-bond acceptors (Lipinski definition) is 3. The molecule has 3 heteroatoms. The summed E-state index contributed by atoms with van der Waals surface area (Å²) in [4.78, 5) is 5.84.